The average molecular weight is 276 g/mol. The Bertz CT molecular complexity index is 558. The number of nitrogens with zero attached hydrogens (tertiary/aromatic N) is 2. The smallest absolute Gasteiger partial charge is 0.280 e. The average Bonchev–Trinajstić information content (AvgIpc) is 2.73. The third-order valence-electron chi connectivity index (χ3n) is 2.02. The molecule has 0 aliphatic rings. The van der Waals surface area contributed by atoms with E-state index in [4.69, 9.17) is 17.1 Å². The zero-order valence-corrected chi connectivity index (χ0v) is 10.5. The Morgan fingerprint density at radius 2 is 2.41 bits per heavy atom. The summed E-state index contributed by atoms with van der Waals surface area (Å²) in [5.74, 6) is 1.93. The predicted molar refractivity (Wildman–Crippen MR) is 61.8 cm³/mol. The molecule has 1 atom stereocenters. The summed E-state index contributed by atoms with van der Waals surface area (Å²) in [4.78, 5) is 15.1. The van der Waals surface area contributed by atoms with Gasteiger partial charge in [-0.25, -0.2) is 13.4 Å². The van der Waals surface area contributed by atoms with Crippen LogP contribution in [0.1, 0.15) is 13.0 Å². The topological polar surface area (TPSA) is 81.1 Å². The molecule has 8 heteroatoms. The van der Waals surface area contributed by atoms with Crippen LogP contribution in [-0.2, 0) is 13.8 Å². The second-order valence-corrected chi connectivity index (χ2v) is 5.71. The van der Waals surface area contributed by atoms with Crippen LogP contribution < -0.4 is 5.32 Å². The molecule has 0 radical (unpaired) electrons. The molecule has 0 spiro atoms. The van der Waals surface area contributed by atoms with Gasteiger partial charge < -0.3 is 9.88 Å². The lowest BCUT2D eigenvalue weighted by Crippen LogP contribution is -2.30. The van der Waals surface area contributed by atoms with Crippen LogP contribution in [0.3, 0.4) is 0 Å². The number of imidazole rings is 1. The molecule has 0 bridgehead atoms. The summed E-state index contributed by atoms with van der Waals surface area (Å²) in [5.41, 5.74) is 0. The monoisotopic (exact) mass is 275 g/mol. The molecule has 0 fully saturated rings. The van der Waals surface area contributed by atoms with Gasteiger partial charge in [-0.15, -0.1) is 6.42 Å². The maximum absolute atomic E-state index is 11.5. The number of carbonyl (C=O) groups excluding carboxylic acids is 1. The SMILES string of the molecule is C#CCNC(=O)C(C)n1cnc(S(=O)(=O)Cl)c1. The van der Waals surface area contributed by atoms with Gasteiger partial charge in [0.1, 0.15) is 6.04 Å². The van der Waals surface area contributed by atoms with E-state index in [2.05, 4.69) is 16.2 Å². The maximum Gasteiger partial charge on any atom is 0.280 e. The summed E-state index contributed by atoms with van der Waals surface area (Å²) in [6.07, 6.45) is 7.40. The normalized spacial score (nSPS) is 12.8. The van der Waals surface area contributed by atoms with Crippen LogP contribution in [0.15, 0.2) is 17.6 Å². The Kier molecular flexibility index (Phi) is 4.15. The van der Waals surface area contributed by atoms with Crippen LogP contribution in [0.5, 0.6) is 0 Å². The molecule has 0 aliphatic heterocycles. The van der Waals surface area contributed by atoms with Crippen molar-refractivity contribution >= 4 is 25.6 Å². The molecule has 6 nitrogen and oxygen atoms in total. The van der Waals surface area contributed by atoms with Gasteiger partial charge in [0.2, 0.25) is 5.91 Å². The second-order valence-electron chi connectivity index (χ2n) is 3.19. The molecule has 92 valence electrons. The molecule has 0 aromatic carbocycles. The minimum absolute atomic E-state index is 0.110. The van der Waals surface area contributed by atoms with Crippen molar-refractivity contribution in [3.8, 4) is 12.3 Å². The summed E-state index contributed by atoms with van der Waals surface area (Å²) in [6, 6.07) is -0.622. The number of halogens is 1. The first-order valence-electron chi connectivity index (χ1n) is 4.55. The van der Waals surface area contributed by atoms with E-state index in [0.29, 0.717) is 0 Å². The molecular formula is C9H10ClN3O3S. The molecule has 1 rings (SSSR count). The fraction of sp³-hybridized carbons (Fsp3) is 0.333. The number of amides is 1. The van der Waals surface area contributed by atoms with Gasteiger partial charge in [-0.1, -0.05) is 5.92 Å². The Labute approximate surface area is 103 Å². The predicted octanol–water partition coefficient (Wildman–Crippen LogP) is 0.121. The number of aromatic nitrogens is 2. The van der Waals surface area contributed by atoms with Crippen molar-refractivity contribution in [2.24, 2.45) is 0 Å². The van der Waals surface area contributed by atoms with Gasteiger partial charge in [0.25, 0.3) is 9.05 Å². The fourth-order valence-electron chi connectivity index (χ4n) is 1.08. The van der Waals surface area contributed by atoms with Crippen LogP contribution in [0.25, 0.3) is 0 Å². The minimum Gasteiger partial charge on any atom is -0.343 e. The summed E-state index contributed by atoms with van der Waals surface area (Å²) < 4.78 is 23.3. The minimum atomic E-state index is -3.88. The van der Waals surface area contributed by atoms with E-state index in [1.54, 1.807) is 6.92 Å². The van der Waals surface area contributed by atoms with E-state index in [0.717, 1.165) is 0 Å². The largest absolute Gasteiger partial charge is 0.343 e. The van der Waals surface area contributed by atoms with Crippen LogP contribution >= 0.6 is 10.7 Å². The van der Waals surface area contributed by atoms with E-state index in [9.17, 15) is 13.2 Å². The molecule has 1 N–H and O–H groups in total. The summed E-state index contributed by atoms with van der Waals surface area (Å²) in [5, 5.41) is 2.18. The van der Waals surface area contributed by atoms with Gasteiger partial charge in [0.05, 0.1) is 12.9 Å². The highest BCUT2D eigenvalue weighted by atomic mass is 35.7. The standard InChI is InChI=1S/C9H10ClN3O3S/c1-3-4-11-9(14)7(2)13-5-8(12-6-13)17(10,15)16/h1,5-7H,4H2,2H3,(H,11,14). The lowest BCUT2D eigenvalue weighted by Gasteiger charge is -2.11. The molecule has 17 heavy (non-hydrogen) atoms. The molecule has 1 heterocycles. The zero-order chi connectivity index (χ0) is 13.1. The quantitative estimate of drug-likeness (QED) is 0.625. The number of terminal acetylenes is 1. The van der Waals surface area contributed by atoms with E-state index < -0.39 is 15.1 Å². The van der Waals surface area contributed by atoms with Crippen molar-refractivity contribution in [3.05, 3.63) is 12.5 Å². The van der Waals surface area contributed by atoms with Crippen molar-refractivity contribution in [2.45, 2.75) is 18.0 Å². The molecule has 0 aliphatic carbocycles. The molecule has 0 saturated heterocycles. The van der Waals surface area contributed by atoms with Gasteiger partial charge in [-0.3, -0.25) is 4.79 Å². The first kappa shape index (κ1) is 13.5. The number of rotatable bonds is 4. The Morgan fingerprint density at radius 1 is 1.76 bits per heavy atom. The van der Waals surface area contributed by atoms with Gasteiger partial charge in [0, 0.05) is 16.9 Å². The van der Waals surface area contributed by atoms with Gasteiger partial charge in [0.15, 0.2) is 5.03 Å². The Morgan fingerprint density at radius 3 is 2.88 bits per heavy atom. The van der Waals surface area contributed by atoms with Crippen LogP contribution in [0, 0.1) is 12.3 Å². The Hall–Kier alpha value is -1.52. The van der Waals surface area contributed by atoms with Crippen LogP contribution in [0.4, 0.5) is 0 Å². The molecule has 1 aromatic heterocycles. The summed E-state index contributed by atoms with van der Waals surface area (Å²) in [7, 11) is 1.23. The fourth-order valence-corrected chi connectivity index (χ4v) is 1.74. The third kappa shape index (κ3) is 3.47. The second kappa shape index (κ2) is 5.21. The summed E-state index contributed by atoms with van der Waals surface area (Å²) in [6.45, 7) is 1.69. The van der Waals surface area contributed by atoms with Crippen LogP contribution in [-0.4, -0.2) is 30.4 Å². The first-order chi connectivity index (χ1) is 7.86. The maximum atomic E-state index is 11.5. The summed E-state index contributed by atoms with van der Waals surface area (Å²) >= 11 is 0. The molecule has 0 saturated carbocycles. The van der Waals surface area contributed by atoms with E-state index in [-0.39, 0.29) is 17.5 Å². The van der Waals surface area contributed by atoms with Crippen molar-refractivity contribution in [2.75, 3.05) is 6.54 Å². The van der Waals surface area contributed by atoms with Crippen molar-refractivity contribution in [1.82, 2.24) is 14.9 Å². The zero-order valence-electron chi connectivity index (χ0n) is 8.92. The van der Waals surface area contributed by atoms with E-state index >= 15 is 0 Å². The van der Waals surface area contributed by atoms with E-state index in [1.807, 2.05) is 0 Å². The number of hydrogen-bond donors (Lipinski definition) is 1. The number of hydrogen-bond acceptors (Lipinski definition) is 4. The van der Waals surface area contributed by atoms with Crippen molar-refractivity contribution < 1.29 is 13.2 Å². The van der Waals surface area contributed by atoms with E-state index in [1.165, 1.54) is 17.1 Å². The molecule has 1 aromatic rings. The van der Waals surface area contributed by atoms with Crippen molar-refractivity contribution in [3.63, 3.8) is 0 Å². The molecule has 1 amide bonds. The number of nitrogens with one attached hydrogen (secondary N) is 1. The molecular weight excluding hydrogens is 266 g/mol. The first-order valence-corrected chi connectivity index (χ1v) is 6.86. The van der Waals surface area contributed by atoms with Crippen LogP contribution in [0.2, 0.25) is 0 Å². The van der Waals surface area contributed by atoms with Gasteiger partial charge >= 0.3 is 0 Å². The third-order valence-corrected chi connectivity index (χ3v) is 3.20. The lowest BCUT2D eigenvalue weighted by atomic mass is 10.3. The number of carbonyl (C=O) groups is 1. The van der Waals surface area contributed by atoms with Crippen molar-refractivity contribution in [1.29, 1.82) is 0 Å². The highest BCUT2D eigenvalue weighted by Crippen LogP contribution is 2.14. The molecule has 1 unspecified atom stereocenters. The Balaban J connectivity index is 2.84. The van der Waals surface area contributed by atoms with Gasteiger partial charge in [-0.2, -0.15) is 0 Å². The highest BCUT2D eigenvalue weighted by molar-refractivity contribution is 8.13. The van der Waals surface area contributed by atoms with Gasteiger partial charge in [-0.05, 0) is 6.92 Å². The lowest BCUT2D eigenvalue weighted by molar-refractivity contribution is -0.123. The highest BCUT2D eigenvalue weighted by Gasteiger charge is 2.18.